The number of carbonyl (C=O) groups is 2. The highest BCUT2D eigenvalue weighted by atomic mass is 16.6. The molecule has 1 aromatic carbocycles. The minimum atomic E-state index is -2.69. The monoisotopic (exact) mass is 433 g/mol. The van der Waals surface area contributed by atoms with Crippen molar-refractivity contribution in [2.45, 2.75) is 36.6 Å². The van der Waals surface area contributed by atoms with Crippen molar-refractivity contribution >= 4 is 24.0 Å². The summed E-state index contributed by atoms with van der Waals surface area (Å²) in [4.78, 5) is 33.4. The highest BCUT2D eigenvalue weighted by molar-refractivity contribution is 5.90. The second kappa shape index (κ2) is 6.99. The van der Waals surface area contributed by atoms with Gasteiger partial charge >= 0.3 is 12.1 Å². The maximum absolute atomic E-state index is 12.6. The topological polar surface area (TPSA) is 211 Å². The average molecular weight is 433 g/mol. The number of nitrogens with zero attached hydrogens (tertiary/aromatic N) is 3. The summed E-state index contributed by atoms with van der Waals surface area (Å²) in [6.07, 6.45) is -2.47. The molecule has 3 heterocycles. The van der Waals surface area contributed by atoms with Gasteiger partial charge < -0.3 is 47.1 Å². The van der Waals surface area contributed by atoms with Gasteiger partial charge in [-0.1, -0.05) is 17.7 Å². The Bertz CT molecular complexity index is 978. The molecule has 13 nitrogen and oxygen atoms in total. The van der Waals surface area contributed by atoms with E-state index in [0.29, 0.717) is 0 Å². The first-order chi connectivity index (χ1) is 14.6. The number of nitrogens with two attached hydrogens (primary N) is 3. The Labute approximate surface area is 176 Å². The van der Waals surface area contributed by atoms with Gasteiger partial charge in [-0.25, -0.2) is 19.6 Å². The van der Waals surface area contributed by atoms with E-state index in [2.05, 4.69) is 15.3 Å². The molecule has 166 valence electrons. The third kappa shape index (κ3) is 3.09. The van der Waals surface area contributed by atoms with Gasteiger partial charge in [-0.3, -0.25) is 0 Å². The van der Waals surface area contributed by atoms with Gasteiger partial charge in [-0.05, 0) is 19.1 Å². The van der Waals surface area contributed by atoms with Crippen LogP contribution in [-0.4, -0.2) is 81.9 Å². The molecule has 0 saturated carbocycles. The second-order valence-corrected chi connectivity index (χ2v) is 7.63. The van der Waals surface area contributed by atoms with Gasteiger partial charge in [0.2, 0.25) is 5.79 Å². The molecule has 0 radical (unpaired) electrons. The zero-order chi connectivity index (χ0) is 22.6. The number of hydrogen-bond donors (Lipinski definition) is 6. The molecule has 1 amide bonds. The third-order valence-corrected chi connectivity index (χ3v) is 5.68. The average Bonchev–Trinajstić information content (AvgIpc) is 3.16. The quantitative estimate of drug-likeness (QED) is 0.213. The van der Waals surface area contributed by atoms with E-state index in [1.165, 1.54) is 4.90 Å². The van der Waals surface area contributed by atoms with Crippen LogP contribution in [0.25, 0.3) is 0 Å². The number of hydrogen-bond acceptors (Lipinski definition) is 12. The first-order valence-electron chi connectivity index (χ1n) is 9.43. The van der Waals surface area contributed by atoms with Gasteiger partial charge in [0.25, 0.3) is 0 Å². The molecular formula is C18H23N7O6. The van der Waals surface area contributed by atoms with E-state index in [1.807, 2.05) is 6.92 Å². The summed E-state index contributed by atoms with van der Waals surface area (Å²) in [6.45, 7) is 1.35. The van der Waals surface area contributed by atoms with Crippen molar-refractivity contribution in [2.24, 2.45) is 27.2 Å². The molecule has 0 bridgehead atoms. The van der Waals surface area contributed by atoms with Gasteiger partial charge in [0.15, 0.2) is 23.7 Å². The maximum atomic E-state index is 12.6. The van der Waals surface area contributed by atoms with Crippen molar-refractivity contribution in [1.82, 2.24) is 10.2 Å². The van der Waals surface area contributed by atoms with Crippen LogP contribution in [0.1, 0.15) is 15.9 Å². The van der Waals surface area contributed by atoms with E-state index in [0.717, 1.165) is 5.56 Å². The lowest BCUT2D eigenvalue weighted by Gasteiger charge is -2.48. The Hall–Kier alpha value is -3.58. The van der Waals surface area contributed by atoms with Crippen molar-refractivity contribution in [3.05, 3.63) is 35.4 Å². The van der Waals surface area contributed by atoms with E-state index < -0.39 is 41.7 Å². The predicted molar refractivity (Wildman–Crippen MR) is 106 cm³/mol. The number of guanidine groups is 2. The van der Waals surface area contributed by atoms with Gasteiger partial charge in [-0.15, -0.1) is 0 Å². The maximum Gasteiger partial charge on any atom is 0.404 e. The van der Waals surface area contributed by atoms with E-state index in [-0.39, 0.29) is 30.6 Å². The molecule has 31 heavy (non-hydrogen) atoms. The molecule has 4 rings (SSSR count). The van der Waals surface area contributed by atoms with Gasteiger partial charge in [-0.2, -0.15) is 0 Å². The molecule has 1 aromatic rings. The number of rotatable bonds is 4. The zero-order valence-corrected chi connectivity index (χ0v) is 16.6. The van der Waals surface area contributed by atoms with Crippen LogP contribution >= 0.6 is 0 Å². The molecule has 1 fully saturated rings. The Morgan fingerprint density at radius 1 is 1.26 bits per heavy atom. The number of aliphatic imine (C=N–C) groups is 2. The summed E-state index contributed by atoms with van der Waals surface area (Å²) in [5.41, 5.74) is 16.3. The van der Waals surface area contributed by atoms with Gasteiger partial charge in [0, 0.05) is 0 Å². The van der Waals surface area contributed by atoms with Crippen molar-refractivity contribution in [3.63, 3.8) is 0 Å². The molecule has 0 aromatic heterocycles. The molecule has 9 N–H and O–H groups in total. The first kappa shape index (κ1) is 20.7. The van der Waals surface area contributed by atoms with Crippen molar-refractivity contribution in [3.8, 4) is 0 Å². The summed E-state index contributed by atoms with van der Waals surface area (Å²) in [5.74, 6) is -3.65. The van der Waals surface area contributed by atoms with E-state index in [9.17, 15) is 19.8 Å². The number of benzene rings is 1. The van der Waals surface area contributed by atoms with Crippen LogP contribution in [0, 0.1) is 6.92 Å². The Kier molecular flexibility index (Phi) is 4.66. The minimum absolute atomic E-state index is 0.104. The van der Waals surface area contributed by atoms with Crippen LogP contribution in [-0.2, 0) is 9.47 Å². The van der Waals surface area contributed by atoms with Crippen LogP contribution in [0.3, 0.4) is 0 Å². The highest BCUT2D eigenvalue weighted by Crippen LogP contribution is 2.45. The fraction of sp³-hybridized carbons (Fsp3) is 0.444. The zero-order valence-electron chi connectivity index (χ0n) is 16.6. The fourth-order valence-electron chi connectivity index (χ4n) is 4.21. The second-order valence-electron chi connectivity index (χ2n) is 7.63. The number of ether oxygens (including phenoxy) is 2. The Balaban J connectivity index is 1.65. The van der Waals surface area contributed by atoms with Crippen LogP contribution in [0.4, 0.5) is 4.79 Å². The number of primary amides is 1. The Morgan fingerprint density at radius 3 is 2.58 bits per heavy atom. The number of carbonyl (C=O) groups excluding carboxylic acids is 2. The van der Waals surface area contributed by atoms with E-state index in [1.54, 1.807) is 24.3 Å². The lowest BCUT2D eigenvalue weighted by atomic mass is 9.86. The molecule has 3 aliphatic heterocycles. The molecule has 1 saturated heterocycles. The third-order valence-electron chi connectivity index (χ3n) is 5.68. The summed E-state index contributed by atoms with van der Waals surface area (Å²) < 4.78 is 10.3. The van der Waals surface area contributed by atoms with Gasteiger partial charge in [0.05, 0.1) is 12.1 Å². The van der Waals surface area contributed by atoms with Crippen LogP contribution in [0.5, 0.6) is 0 Å². The highest BCUT2D eigenvalue weighted by Gasteiger charge is 2.74. The van der Waals surface area contributed by atoms with E-state index >= 15 is 0 Å². The molecule has 4 atom stereocenters. The summed E-state index contributed by atoms with van der Waals surface area (Å²) >= 11 is 0. The summed E-state index contributed by atoms with van der Waals surface area (Å²) in [6, 6.07) is 4.66. The summed E-state index contributed by atoms with van der Waals surface area (Å²) in [7, 11) is 0. The lowest BCUT2D eigenvalue weighted by molar-refractivity contribution is -0.257. The van der Waals surface area contributed by atoms with Crippen LogP contribution in [0.2, 0.25) is 0 Å². The number of nitrogens with one attached hydrogen (secondary N) is 1. The minimum Gasteiger partial charge on any atom is -0.451 e. The van der Waals surface area contributed by atoms with Crippen molar-refractivity contribution in [1.29, 1.82) is 0 Å². The molecule has 0 unspecified atom stereocenters. The van der Waals surface area contributed by atoms with E-state index in [4.69, 9.17) is 26.7 Å². The fourth-order valence-corrected chi connectivity index (χ4v) is 4.21. The number of esters is 1. The number of aryl methyl sites for hydroxylation is 1. The van der Waals surface area contributed by atoms with Gasteiger partial charge in [0.1, 0.15) is 18.7 Å². The van der Waals surface area contributed by atoms with Crippen LogP contribution < -0.4 is 22.5 Å². The molecule has 1 spiro atoms. The van der Waals surface area contributed by atoms with Crippen molar-refractivity contribution < 1.29 is 29.3 Å². The Morgan fingerprint density at radius 2 is 1.94 bits per heavy atom. The lowest BCUT2D eigenvalue weighted by Crippen LogP contribution is -2.77. The van der Waals surface area contributed by atoms with Crippen molar-refractivity contribution in [2.75, 3.05) is 13.2 Å². The summed E-state index contributed by atoms with van der Waals surface area (Å²) in [5, 5.41) is 25.1. The number of amides is 1. The normalized spacial score (nSPS) is 30.4. The standard InChI is InChI=1S/C18H23N7O6/c1-8-2-4-9(5-3-8)13(26)31-11-6-25-15(20)22-10(7-30-16(21)27)12-17(25,18(11,28)29)24-14(19)23-12/h2-5,10-12,28-29H,6-7H2,1H3,(H2,20,22)(H2,21,27)(H3,19,23,24)/t10-,11-,12-,17-/m0/s1. The molecule has 13 heteroatoms. The first-order valence-corrected chi connectivity index (χ1v) is 9.43. The van der Waals surface area contributed by atoms with Crippen LogP contribution in [0.15, 0.2) is 34.3 Å². The molecule has 0 aliphatic carbocycles. The molecule has 3 aliphatic rings. The largest absolute Gasteiger partial charge is 0.451 e. The smallest absolute Gasteiger partial charge is 0.404 e. The number of aliphatic hydroxyl groups is 2. The SMILES string of the molecule is Cc1ccc(C(=O)O[C@H]2CN3C(N)=N[C@@H](COC(N)=O)[C@@H]4N=C(N)N[C@@]43C2(O)O)cc1. The predicted octanol–water partition coefficient (Wildman–Crippen LogP) is -2.71. The molecular weight excluding hydrogens is 410 g/mol.